The highest BCUT2D eigenvalue weighted by Crippen LogP contribution is 2.49. The fourth-order valence-electron chi connectivity index (χ4n) is 4.73. The summed E-state index contributed by atoms with van der Waals surface area (Å²) in [6.07, 6.45) is 3.74. The van der Waals surface area contributed by atoms with E-state index in [-0.39, 0.29) is 16.7 Å². The Labute approximate surface area is 176 Å². The number of rotatable bonds is 7. The highest BCUT2D eigenvalue weighted by molar-refractivity contribution is 7.86. The maximum absolute atomic E-state index is 13.3. The summed E-state index contributed by atoms with van der Waals surface area (Å²) >= 11 is 0. The number of benzene rings is 2. The van der Waals surface area contributed by atoms with Crippen molar-refractivity contribution in [1.29, 1.82) is 0 Å². The SMILES string of the molecule is Cc1ccc(S(=O)(=O)OC2(C(C)CN(C)C)CCCCC2c2ccccc2)cc1. The normalized spacial score (nSPS) is 23.8. The Bertz CT molecular complexity index is 893. The Morgan fingerprint density at radius 3 is 2.34 bits per heavy atom. The van der Waals surface area contributed by atoms with E-state index in [9.17, 15) is 8.42 Å². The zero-order valence-corrected chi connectivity index (χ0v) is 18.8. The summed E-state index contributed by atoms with van der Waals surface area (Å²) in [4.78, 5) is 2.35. The molecule has 0 N–H and O–H groups in total. The zero-order valence-electron chi connectivity index (χ0n) is 18.0. The minimum atomic E-state index is -3.88. The lowest BCUT2D eigenvalue weighted by Crippen LogP contribution is -2.51. The van der Waals surface area contributed by atoms with Crippen LogP contribution in [-0.2, 0) is 14.3 Å². The predicted molar refractivity (Wildman–Crippen MR) is 118 cm³/mol. The Hall–Kier alpha value is -1.69. The molecular formula is C24H33NO3S. The van der Waals surface area contributed by atoms with Crippen molar-refractivity contribution in [2.24, 2.45) is 5.92 Å². The molecule has 0 heterocycles. The molecular weight excluding hydrogens is 382 g/mol. The first-order valence-corrected chi connectivity index (χ1v) is 11.9. The monoisotopic (exact) mass is 415 g/mol. The van der Waals surface area contributed by atoms with Crippen LogP contribution in [-0.4, -0.2) is 39.6 Å². The van der Waals surface area contributed by atoms with E-state index in [0.29, 0.717) is 0 Å². The highest BCUT2D eigenvalue weighted by Gasteiger charge is 2.50. The van der Waals surface area contributed by atoms with Gasteiger partial charge in [-0.1, -0.05) is 67.8 Å². The van der Waals surface area contributed by atoms with Crippen LogP contribution in [0.5, 0.6) is 0 Å². The first-order chi connectivity index (χ1) is 13.7. The van der Waals surface area contributed by atoms with Crippen molar-refractivity contribution < 1.29 is 12.6 Å². The standard InChI is InChI=1S/C24H33NO3S/c1-19-13-15-22(16-14-19)29(26,27)28-24(20(2)18-25(3)4)17-9-8-12-23(24)21-10-6-5-7-11-21/h5-7,10-11,13-16,20,23H,8-9,12,17-18H2,1-4H3. The van der Waals surface area contributed by atoms with Gasteiger partial charge in [-0.25, -0.2) is 0 Å². The van der Waals surface area contributed by atoms with Crippen molar-refractivity contribution in [3.8, 4) is 0 Å². The molecule has 2 aromatic carbocycles. The van der Waals surface area contributed by atoms with Gasteiger partial charge >= 0.3 is 0 Å². The third-order valence-electron chi connectivity index (χ3n) is 6.15. The molecule has 0 aliphatic heterocycles. The molecule has 1 aliphatic carbocycles. The molecule has 0 radical (unpaired) electrons. The van der Waals surface area contributed by atoms with E-state index in [4.69, 9.17) is 4.18 Å². The minimum Gasteiger partial charge on any atom is -0.309 e. The Morgan fingerprint density at radius 2 is 1.72 bits per heavy atom. The second kappa shape index (κ2) is 8.99. The van der Waals surface area contributed by atoms with E-state index in [1.54, 1.807) is 12.1 Å². The quantitative estimate of drug-likeness (QED) is 0.598. The van der Waals surface area contributed by atoms with Gasteiger partial charge in [0.2, 0.25) is 0 Å². The summed E-state index contributed by atoms with van der Waals surface area (Å²) in [7, 11) is 0.178. The average molecular weight is 416 g/mol. The molecule has 4 nitrogen and oxygen atoms in total. The number of nitrogens with zero attached hydrogens (tertiary/aromatic N) is 1. The number of hydrogen-bond acceptors (Lipinski definition) is 4. The first kappa shape index (κ1) is 22.0. The van der Waals surface area contributed by atoms with Gasteiger partial charge in [0.05, 0.1) is 10.5 Å². The van der Waals surface area contributed by atoms with Crippen molar-refractivity contribution in [2.75, 3.05) is 20.6 Å². The van der Waals surface area contributed by atoms with Crippen LogP contribution >= 0.6 is 0 Å². The molecule has 29 heavy (non-hydrogen) atoms. The topological polar surface area (TPSA) is 46.6 Å². The molecule has 158 valence electrons. The van der Waals surface area contributed by atoms with Crippen LogP contribution in [0.15, 0.2) is 59.5 Å². The van der Waals surface area contributed by atoms with Gasteiger partial charge in [0.1, 0.15) is 0 Å². The molecule has 0 saturated heterocycles. The van der Waals surface area contributed by atoms with Gasteiger partial charge in [-0.2, -0.15) is 8.42 Å². The maximum Gasteiger partial charge on any atom is 0.297 e. The lowest BCUT2D eigenvalue weighted by Gasteiger charge is -2.48. The first-order valence-electron chi connectivity index (χ1n) is 10.5. The van der Waals surface area contributed by atoms with E-state index in [0.717, 1.165) is 43.4 Å². The Kier molecular flexibility index (Phi) is 6.82. The third-order valence-corrected chi connectivity index (χ3v) is 7.53. The molecule has 0 amide bonds. The molecule has 5 heteroatoms. The molecule has 0 spiro atoms. The highest BCUT2D eigenvalue weighted by atomic mass is 32.2. The molecule has 1 saturated carbocycles. The average Bonchev–Trinajstić information content (AvgIpc) is 2.68. The molecule has 0 aromatic heterocycles. The fraction of sp³-hybridized carbons (Fsp3) is 0.500. The maximum atomic E-state index is 13.3. The molecule has 1 fully saturated rings. The summed E-state index contributed by atoms with van der Waals surface area (Å²) in [5.41, 5.74) is 1.43. The zero-order chi connectivity index (χ0) is 21.1. The van der Waals surface area contributed by atoms with Crippen LogP contribution in [0.3, 0.4) is 0 Å². The van der Waals surface area contributed by atoms with E-state index in [1.165, 1.54) is 0 Å². The van der Waals surface area contributed by atoms with Gasteiger partial charge in [-0.3, -0.25) is 4.18 Å². The minimum absolute atomic E-state index is 0.0487. The van der Waals surface area contributed by atoms with Crippen molar-refractivity contribution in [2.45, 2.75) is 55.9 Å². The number of hydrogen-bond donors (Lipinski definition) is 0. The molecule has 2 aromatic rings. The summed E-state index contributed by atoms with van der Waals surface area (Å²) in [6, 6.07) is 17.2. The second-order valence-corrected chi connectivity index (χ2v) is 10.2. The van der Waals surface area contributed by atoms with Crippen LogP contribution in [0.1, 0.15) is 49.7 Å². The second-order valence-electron chi connectivity index (χ2n) is 8.68. The lowest BCUT2D eigenvalue weighted by molar-refractivity contribution is -0.0396. The summed E-state index contributed by atoms with van der Waals surface area (Å²) in [5.74, 6) is 0.107. The molecule has 0 bridgehead atoms. The van der Waals surface area contributed by atoms with Gasteiger partial charge in [-0.15, -0.1) is 0 Å². The van der Waals surface area contributed by atoms with Crippen molar-refractivity contribution >= 4 is 10.1 Å². The molecule has 3 atom stereocenters. The van der Waals surface area contributed by atoms with Gasteiger partial charge in [0.15, 0.2) is 0 Å². The summed E-state index contributed by atoms with van der Waals surface area (Å²) in [5, 5.41) is 0. The summed E-state index contributed by atoms with van der Waals surface area (Å²) < 4.78 is 33.0. The van der Waals surface area contributed by atoms with E-state index >= 15 is 0 Å². The largest absolute Gasteiger partial charge is 0.309 e. The van der Waals surface area contributed by atoms with Crippen LogP contribution in [0.4, 0.5) is 0 Å². The number of aryl methyl sites for hydroxylation is 1. The van der Waals surface area contributed by atoms with Gasteiger partial charge in [0, 0.05) is 12.5 Å². The van der Waals surface area contributed by atoms with Gasteiger partial charge in [-0.05, 0) is 57.5 Å². The van der Waals surface area contributed by atoms with Crippen LogP contribution in [0.25, 0.3) is 0 Å². The Morgan fingerprint density at radius 1 is 1.07 bits per heavy atom. The van der Waals surface area contributed by atoms with Crippen LogP contribution in [0.2, 0.25) is 0 Å². The van der Waals surface area contributed by atoms with E-state index < -0.39 is 15.7 Å². The van der Waals surface area contributed by atoms with E-state index in [1.807, 2.05) is 51.4 Å². The Balaban J connectivity index is 2.06. The molecule has 3 unspecified atom stereocenters. The lowest BCUT2D eigenvalue weighted by atomic mass is 9.66. The fourth-order valence-corrected chi connectivity index (χ4v) is 6.07. The van der Waals surface area contributed by atoms with E-state index in [2.05, 4.69) is 24.0 Å². The van der Waals surface area contributed by atoms with Crippen molar-refractivity contribution in [1.82, 2.24) is 4.90 Å². The van der Waals surface area contributed by atoms with Crippen molar-refractivity contribution in [3.05, 3.63) is 65.7 Å². The van der Waals surface area contributed by atoms with Gasteiger partial charge in [0.25, 0.3) is 10.1 Å². The van der Waals surface area contributed by atoms with Gasteiger partial charge < -0.3 is 4.90 Å². The third kappa shape index (κ3) is 4.90. The predicted octanol–water partition coefficient (Wildman–Crippen LogP) is 4.99. The summed E-state index contributed by atoms with van der Waals surface area (Å²) in [6.45, 7) is 4.85. The molecule has 3 rings (SSSR count). The van der Waals surface area contributed by atoms with Crippen LogP contribution < -0.4 is 0 Å². The van der Waals surface area contributed by atoms with Crippen LogP contribution in [0, 0.1) is 12.8 Å². The smallest absolute Gasteiger partial charge is 0.297 e. The van der Waals surface area contributed by atoms with Crippen molar-refractivity contribution in [3.63, 3.8) is 0 Å². The molecule has 1 aliphatic rings.